The van der Waals surface area contributed by atoms with E-state index >= 15 is 0 Å². The average Bonchev–Trinajstić information content (AvgIpc) is 2.72. The number of amides is 1. The summed E-state index contributed by atoms with van der Waals surface area (Å²) in [7, 11) is 1.34. The fraction of sp³-hybridized carbons (Fsp3) is 0.381. The Morgan fingerprint density at radius 3 is 2.54 bits per heavy atom. The van der Waals surface area contributed by atoms with E-state index in [4.69, 9.17) is 4.74 Å². The van der Waals surface area contributed by atoms with Gasteiger partial charge in [0.1, 0.15) is 5.82 Å². The Morgan fingerprint density at radius 1 is 1.14 bits per heavy atom. The van der Waals surface area contributed by atoms with Crippen LogP contribution < -0.4 is 10.2 Å². The Hall–Kier alpha value is -2.93. The van der Waals surface area contributed by atoms with Gasteiger partial charge in [0.25, 0.3) is 5.91 Å². The number of aromatic nitrogens is 1. The molecule has 2 fully saturated rings. The molecule has 0 saturated carbocycles. The molecule has 7 heteroatoms. The Morgan fingerprint density at radius 2 is 1.86 bits per heavy atom. The summed E-state index contributed by atoms with van der Waals surface area (Å²) in [5.41, 5.74) is 1.89. The molecule has 0 bridgehead atoms. The molecule has 1 aromatic carbocycles. The number of carbonyl (C=O) groups excluding carboxylic acids is 2. The lowest BCUT2D eigenvalue weighted by Gasteiger charge is -2.53. The van der Waals surface area contributed by atoms with E-state index in [0.29, 0.717) is 28.0 Å². The van der Waals surface area contributed by atoms with Crippen LogP contribution in [-0.4, -0.2) is 50.3 Å². The number of rotatable bonds is 4. The molecule has 146 valence electrons. The number of pyridine rings is 1. The molecule has 1 N–H and O–H groups in total. The number of anilines is 2. The van der Waals surface area contributed by atoms with E-state index < -0.39 is 5.97 Å². The van der Waals surface area contributed by atoms with Crippen LogP contribution in [-0.2, 0) is 9.47 Å². The maximum Gasteiger partial charge on any atom is 0.337 e. The molecule has 1 aromatic heterocycles. The molecule has 0 unspecified atom stereocenters. The van der Waals surface area contributed by atoms with E-state index in [2.05, 4.69) is 19.9 Å². The summed E-state index contributed by atoms with van der Waals surface area (Å²) in [6.45, 7) is 3.43. The highest BCUT2D eigenvalue weighted by Crippen LogP contribution is 2.42. The van der Waals surface area contributed by atoms with Gasteiger partial charge in [-0.3, -0.25) is 4.79 Å². The lowest BCUT2D eigenvalue weighted by atomic mass is 9.73. The van der Waals surface area contributed by atoms with Gasteiger partial charge in [-0.05, 0) is 49.2 Å². The topological polar surface area (TPSA) is 80.8 Å². The van der Waals surface area contributed by atoms with Gasteiger partial charge in [-0.25, -0.2) is 9.78 Å². The van der Waals surface area contributed by atoms with Crippen LogP contribution >= 0.6 is 0 Å². The lowest BCUT2D eigenvalue weighted by Crippen LogP contribution is -2.59. The van der Waals surface area contributed by atoms with Crippen LogP contribution in [0.4, 0.5) is 11.5 Å². The number of nitrogens with one attached hydrogen (secondary N) is 1. The Bertz CT molecular complexity index is 867. The lowest BCUT2D eigenvalue weighted by molar-refractivity contribution is -0.000509. The smallest absolute Gasteiger partial charge is 0.337 e. The summed E-state index contributed by atoms with van der Waals surface area (Å²) in [6.07, 6.45) is 3.83. The molecule has 1 amide bonds. The number of nitrogens with zero attached hydrogens (tertiary/aromatic N) is 2. The summed E-state index contributed by atoms with van der Waals surface area (Å²) in [5.74, 6) is 0.0809. The highest BCUT2D eigenvalue weighted by molar-refractivity contribution is 6.07. The van der Waals surface area contributed by atoms with Gasteiger partial charge < -0.3 is 19.7 Å². The van der Waals surface area contributed by atoms with Crippen molar-refractivity contribution in [1.82, 2.24) is 4.98 Å². The molecule has 2 aliphatic rings. The van der Waals surface area contributed by atoms with Crippen LogP contribution in [0.15, 0.2) is 42.6 Å². The third-order valence-corrected chi connectivity index (χ3v) is 5.50. The van der Waals surface area contributed by atoms with E-state index in [9.17, 15) is 9.59 Å². The van der Waals surface area contributed by atoms with Gasteiger partial charge in [0.2, 0.25) is 0 Å². The highest BCUT2D eigenvalue weighted by atomic mass is 16.5. The molecule has 2 saturated heterocycles. The summed E-state index contributed by atoms with van der Waals surface area (Å²) in [4.78, 5) is 31.0. The Balaban J connectivity index is 1.46. The monoisotopic (exact) mass is 381 g/mol. The predicted octanol–water partition coefficient (Wildman–Crippen LogP) is 2.74. The summed E-state index contributed by atoms with van der Waals surface area (Å²) in [6, 6.07) is 10.2. The van der Waals surface area contributed by atoms with E-state index in [1.165, 1.54) is 7.11 Å². The molecule has 7 nitrogen and oxygen atoms in total. The van der Waals surface area contributed by atoms with E-state index in [0.717, 1.165) is 39.1 Å². The molecule has 2 aliphatic heterocycles. The second-order valence-corrected chi connectivity index (χ2v) is 7.37. The van der Waals surface area contributed by atoms with E-state index in [1.807, 2.05) is 0 Å². The number of hydrogen-bond donors (Lipinski definition) is 1. The van der Waals surface area contributed by atoms with E-state index in [1.54, 1.807) is 42.6 Å². The van der Waals surface area contributed by atoms with Crippen LogP contribution in [0.5, 0.6) is 0 Å². The van der Waals surface area contributed by atoms with Gasteiger partial charge in [0.15, 0.2) is 0 Å². The summed E-state index contributed by atoms with van der Waals surface area (Å²) >= 11 is 0. The van der Waals surface area contributed by atoms with Crippen molar-refractivity contribution in [3.63, 3.8) is 0 Å². The van der Waals surface area contributed by atoms with E-state index in [-0.39, 0.29) is 5.91 Å². The van der Waals surface area contributed by atoms with Crippen LogP contribution in [0.2, 0.25) is 0 Å². The molecule has 0 radical (unpaired) electrons. The maximum absolute atomic E-state index is 12.8. The second kappa shape index (κ2) is 7.59. The van der Waals surface area contributed by atoms with Crippen LogP contribution in [0, 0.1) is 5.41 Å². The quantitative estimate of drug-likeness (QED) is 0.821. The highest BCUT2D eigenvalue weighted by Gasteiger charge is 2.45. The van der Waals surface area contributed by atoms with Crippen LogP contribution in [0.25, 0.3) is 0 Å². The molecule has 0 atom stereocenters. The van der Waals surface area contributed by atoms with Gasteiger partial charge in [-0.2, -0.15) is 0 Å². The molecule has 2 aromatic rings. The fourth-order valence-corrected chi connectivity index (χ4v) is 3.87. The van der Waals surface area contributed by atoms with Crippen molar-refractivity contribution in [2.45, 2.75) is 12.8 Å². The van der Waals surface area contributed by atoms with Gasteiger partial charge >= 0.3 is 5.97 Å². The van der Waals surface area contributed by atoms with Crippen molar-refractivity contribution in [2.24, 2.45) is 5.41 Å². The maximum atomic E-state index is 12.8. The zero-order valence-electron chi connectivity index (χ0n) is 15.8. The first-order valence-corrected chi connectivity index (χ1v) is 9.38. The third kappa shape index (κ3) is 3.57. The van der Waals surface area contributed by atoms with Crippen molar-refractivity contribution in [3.8, 4) is 0 Å². The number of benzene rings is 1. The molecule has 28 heavy (non-hydrogen) atoms. The van der Waals surface area contributed by atoms with Gasteiger partial charge in [0, 0.05) is 43.6 Å². The molecular formula is C21H23N3O4. The molecule has 4 rings (SSSR count). The standard InChI is InChI=1S/C21H23N3O4/c1-27-20(26)15-4-6-16(7-5-15)23-19(25)17-3-2-10-22-18(17)24-13-21(14-24)8-11-28-12-9-21/h2-7,10H,8-9,11-14H2,1H3,(H,23,25). The molecular weight excluding hydrogens is 358 g/mol. The zero-order valence-corrected chi connectivity index (χ0v) is 15.8. The van der Waals surface area contributed by atoms with Crippen molar-refractivity contribution in [2.75, 3.05) is 43.6 Å². The number of esters is 1. The van der Waals surface area contributed by atoms with Crippen LogP contribution in [0.3, 0.4) is 0 Å². The number of hydrogen-bond acceptors (Lipinski definition) is 6. The third-order valence-electron chi connectivity index (χ3n) is 5.50. The predicted molar refractivity (Wildman–Crippen MR) is 105 cm³/mol. The second-order valence-electron chi connectivity index (χ2n) is 7.37. The Labute approximate surface area is 163 Å². The first-order chi connectivity index (χ1) is 13.6. The first-order valence-electron chi connectivity index (χ1n) is 9.38. The summed E-state index contributed by atoms with van der Waals surface area (Å²) in [5, 5.41) is 2.88. The van der Waals surface area contributed by atoms with Crippen molar-refractivity contribution < 1.29 is 19.1 Å². The Kier molecular flexibility index (Phi) is 5.00. The SMILES string of the molecule is COC(=O)c1ccc(NC(=O)c2cccnc2N2CC3(CCOCC3)C2)cc1. The van der Waals surface area contributed by atoms with Crippen LogP contribution in [0.1, 0.15) is 33.6 Å². The zero-order chi connectivity index (χ0) is 19.6. The minimum Gasteiger partial charge on any atom is -0.465 e. The molecule has 0 aliphatic carbocycles. The minimum atomic E-state index is -0.410. The number of methoxy groups -OCH3 is 1. The van der Waals surface area contributed by atoms with Crippen molar-refractivity contribution in [3.05, 3.63) is 53.7 Å². The normalized spacial score (nSPS) is 17.7. The largest absolute Gasteiger partial charge is 0.465 e. The molecule has 3 heterocycles. The number of ether oxygens (including phenoxy) is 2. The van der Waals surface area contributed by atoms with Crippen molar-refractivity contribution in [1.29, 1.82) is 0 Å². The average molecular weight is 381 g/mol. The van der Waals surface area contributed by atoms with Gasteiger partial charge in [-0.1, -0.05) is 0 Å². The number of carbonyl (C=O) groups is 2. The fourth-order valence-electron chi connectivity index (χ4n) is 3.87. The first kappa shape index (κ1) is 18.4. The summed E-state index contributed by atoms with van der Waals surface area (Å²) < 4.78 is 10.2. The molecule has 1 spiro atoms. The van der Waals surface area contributed by atoms with Gasteiger partial charge in [-0.15, -0.1) is 0 Å². The minimum absolute atomic E-state index is 0.221. The van der Waals surface area contributed by atoms with Gasteiger partial charge in [0.05, 0.1) is 18.2 Å². The van der Waals surface area contributed by atoms with Crippen molar-refractivity contribution >= 4 is 23.4 Å².